The highest BCUT2D eigenvalue weighted by atomic mass is 16.5. The topological polar surface area (TPSA) is 113 Å². The zero-order valence-corrected chi connectivity index (χ0v) is 16.3. The monoisotopic (exact) mass is 409 g/mol. The predicted octanol–water partition coefficient (Wildman–Crippen LogP) is 1.64. The molecule has 2 heterocycles. The normalized spacial score (nSPS) is 19.8. The quantitative estimate of drug-likeness (QED) is 0.726. The number of rotatable bonds is 6. The first-order valence-electron chi connectivity index (χ1n) is 9.15. The molecule has 2 aromatic carbocycles. The lowest BCUT2D eigenvalue weighted by molar-refractivity contribution is -0.123. The van der Waals surface area contributed by atoms with Gasteiger partial charge >= 0.3 is 0 Å². The molecule has 30 heavy (non-hydrogen) atoms. The maximum absolute atomic E-state index is 12.9. The van der Waals surface area contributed by atoms with Crippen molar-refractivity contribution in [3.63, 3.8) is 0 Å². The molecule has 2 atom stereocenters. The van der Waals surface area contributed by atoms with Gasteiger partial charge in [0.15, 0.2) is 12.1 Å². The molecule has 0 aromatic heterocycles. The van der Waals surface area contributed by atoms with Crippen molar-refractivity contribution in [1.82, 2.24) is 5.01 Å². The van der Waals surface area contributed by atoms with Crippen molar-refractivity contribution in [2.75, 3.05) is 31.0 Å². The average Bonchev–Trinajstić information content (AvgIpc) is 3.27. The van der Waals surface area contributed by atoms with Crippen LogP contribution < -0.4 is 19.7 Å². The summed E-state index contributed by atoms with van der Waals surface area (Å²) in [5, 5.41) is 11.8. The molecule has 0 aliphatic carbocycles. The lowest BCUT2D eigenvalue weighted by atomic mass is 10.1. The lowest BCUT2D eigenvalue weighted by Crippen LogP contribution is -2.43. The minimum Gasteiger partial charge on any atom is -0.497 e. The van der Waals surface area contributed by atoms with Crippen LogP contribution in [0.2, 0.25) is 0 Å². The molecular formula is C20H19N5O5. The number of carbonyl (C=O) groups excluding carboxylic acids is 3. The van der Waals surface area contributed by atoms with Crippen molar-refractivity contribution in [1.29, 1.82) is 0 Å². The van der Waals surface area contributed by atoms with E-state index in [0.717, 1.165) is 4.90 Å². The molecule has 4 rings (SSSR count). The van der Waals surface area contributed by atoms with E-state index in [-0.39, 0.29) is 6.54 Å². The first kappa shape index (κ1) is 19.4. The molecule has 0 radical (unpaired) electrons. The van der Waals surface area contributed by atoms with Crippen LogP contribution in [0.5, 0.6) is 11.5 Å². The molecule has 1 fully saturated rings. The summed E-state index contributed by atoms with van der Waals surface area (Å²) in [5.41, 5.74) is 0.955. The number of anilines is 2. The van der Waals surface area contributed by atoms with Crippen LogP contribution in [0.15, 0.2) is 58.9 Å². The fraction of sp³-hybridized carbons (Fsp3) is 0.250. The van der Waals surface area contributed by atoms with Crippen LogP contribution in [0.4, 0.5) is 11.4 Å². The third kappa shape index (κ3) is 3.43. The Morgan fingerprint density at radius 1 is 1.03 bits per heavy atom. The Bertz CT molecular complexity index is 1020. The van der Waals surface area contributed by atoms with Crippen LogP contribution in [0.1, 0.15) is 0 Å². The lowest BCUT2D eigenvalue weighted by Gasteiger charge is -2.20. The minimum atomic E-state index is -0.968. The molecule has 2 aliphatic heterocycles. The van der Waals surface area contributed by atoms with Crippen molar-refractivity contribution in [3.8, 4) is 11.5 Å². The van der Waals surface area contributed by atoms with Gasteiger partial charge < -0.3 is 14.8 Å². The Morgan fingerprint density at radius 3 is 2.47 bits per heavy atom. The summed E-state index contributed by atoms with van der Waals surface area (Å²) in [6.07, 6.45) is 0. The van der Waals surface area contributed by atoms with Crippen LogP contribution in [-0.2, 0) is 14.4 Å². The summed E-state index contributed by atoms with van der Waals surface area (Å²) in [6.45, 7) is -0.225. The molecule has 2 aliphatic rings. The highest BCUT2D eigenvalue weighted by Crippen LogP contribution is 2.32. The second-order valence-electron chi connectivity index (χ2n) is 6.68. The highest BCUT2D eigenvalue weighted by molar-refractivity contribution is 6.25. The second kappa shape index (κ2) is 7.82. The molecule has 3 amide bonds. The average molecular weight is 409 g/mol. The third-order valence-electron chi connectivity index (χ3n) is 4.85. The largest absolute Gasteiger partial charge is 0.497 e. The molecule has 10 nitrogen and oxygen atoms in total. The number of fused-ring (bicyclic) bond motifs is 1. The minimum absolute atomic E-state index is 0.225. The Labute approximate surface area is 172 Å². The summed E-state index contributed by atoms with van der Waals surface area (Å²) in [6, 6.07) is 11.5. The molecule has 154 valence electrons. The molecule has 1 saturated heterocycles. The molecule has 2 aromatic rings. The van der Waals surface area contributed by atoms with Crippen LogP contribution in [0, 0.1) is 0 Å². The van der Waals surface area contributed by atoms with Crippen LogP contribution in [-0.4, -0.2) is 55.6 Å². The molecule has 0 saturated carbocycles. The number of hydrogen-bond donors (Lipinski definition) is 1. The van der Waals surface area contributed by atoms with E-state index in [4.69, 9.17) is 9.47 Å². The molecule has 0 unspecified atom stereocenters. The van der Waals surface area contributed by atoms with Gasteiger partial charge in [0, 0.05) is 11.8 Å². The summed E-state index contributed by atoms with van der Waals surface area (Å²) in [4.78, 5) is 39.2. The van der Waals surface area contributed by atoms with E-state index in [1.165, 1.54) is 19.2 Å². The standard InChI is InChI=1S/C20H19N5O5/c1-29-14-8-6-13(7-9-14)25-19(27)17-18(20(25)28)24(23-22-17)11-16(26)21-12-4-3-5-15(10-12)30-2/h3-10,17-18H,11H2,1-2H3,(H,21,26)/t17-,18+/m1/s1. The Kier molecular flexibility index (Phi) is 5.05. The third-order valence-corrected chi connectivity index (χ3v) is 4.85. The zero-order chi connectivity index (χ0) is 21.3. The van der Waals surface area contributed by atoms with Gasteiger partial charge in [0.05, 0.1) is 19.9 Å². The van der Waals surface area contributed by atoms with Crippen LogP contribution in [0.3, 0.4) is 0 Å². The smallest absolute Gasteiger partial charge is 0.263 e. The van der Waals surface area contributed by atoms with Gasteiger partial charge in [-0.2, -0.15) is 5.11 Å². The first-order valence-corrected chi connectivity index (χ1v) is 9.15. The van der Waals surface area contributed by atoms with Crippen LogP contribution >= 0.6 is 0 Å². The van der Waals surface area contributed by atoms with Crippen molar-refractivity contribution < 1.29 is 23.9 Å². The SMILES string of the molecule is COc1ccc(N2C(=O)[C@@H]3[C@@H](N=NN3CC(=O)Nc3cccc(OC)c3)C2=O)cc1. The van der Waals surface area contributed by atoms with Gasteiger partial charge in [0.25, 0.3) is 11.8 Å². The van der Waals surface area contributed by atoms with Gasteiger partial charge in [-0.25, -0.2) is 4.90 Å². The fourth-order valence-corrected chi connectivity index (χ4v) is 3.39. The molecule has 0 bridgehead atoms. The van der Waals surface area contributed by atoms with E-state index in [9.17, 15) is 14.4 Å². The van der Waals surface area contributed by atoms with E-state index >= 15 is 0 Å². The number of methoxy groups -OCH3 is 2. The molecule has 0 spiro atoms. The van der Waals surface area contributed by atoms with E-state index in [1.807, 2.05) is 0 Å². The van der Waals surface area contributed by atoms with Gasteiger partial charge in [0.1, 0.15) is 18.0 Å². The Hall–Kier alpha value is -3.95. The number of ether oxygens (including phenoxy) is 2. The maximum atomic E-state index is 12.9. The summed E-state index contributed by atoms with van der Waals surface area (Å²) in [5.74, 6) is -0.149. The number of nitrogens with one attached hydrogen (secondary N) is 1. The Balaban J connectivity index is 1.46. The van der Waals surface area contributed by atoms with Crippen LogP contribution in [0.25, 0.3) is 0 Å². The fourth-order valence-electron chi connectivity index (χ4n) is 3.39. The van der Waals surface area contributed by atoms with E-state index in [2.05, 4.69) is 15.7 Å². The summed E-state index contributed by atoms with van der Waals surface area (Å²) >= 11 is 0. The first-order chi connectivity index (χ1) is 14.5. The second-order valence-corrected chi connectivity index (χ2v) is 6.68. The van der Waals surface area contributed by atoms with Gasteiger partial charge in [-0.3, -0.25) is 19.4 Å². The summed E-state index contributed by atoms with van der Waals surface area (Å²) in [7, 11) is 3.06. The van der Waals surface area contributed by atoms with Gasteiger partial charge in [0.2, 0.25) is 5.91 Å². The van der Waals surface area contributed by atoms with Crippen molar-refractivity contribution in [2.24, 2.45) is 10.3 Å². The van der Waals surface area contributed by atoms with Gasteiger partial charge in [-0.1, -0.05) is 11.3 Å². The zero-order valence-electron chi connectivity index (χ0n) is 16.3. The van der Waals surface area contributed by atoms with Gasteiger partial charge in [-0.05, 0) is 36.4 Å². The van der Waals surface area contributed by atoms with E-state index < -0.39 is 29.8 Å². The molecular weight excluding hydrogens is 390 g/mol. The number of hydrogen-bond acceptors (Lipinski definition) is 8. The number of carbonyl (C=O) groups is 3. The highest BCUT2D eigenvalue weighted by Gasteiger charge is 2.55. The number of imide groups is 1. The van der Waals surface area contributed by atoms with Crippen molar-refractivity contribution in [2.45, 2.75) is 12.1 Å². The maximum Gasteiger partial charge on any atom is 0.263 e. The van der Waals surface area contributed by atoms with Crippen molar-refractivity contribution >= 4 is 29.1 Å². The van der Waals surface area contributed by atoms with E-state index in [0.29, 0.717) is 22.9 Å². The number of amides is 3. The van der Waals surface area contributed by atoms with Crippen molar-refractivity contribution in [3.05, 3.63) is 48.5 Å². The number of benzene rings is 2. The summed E-state index contributed by atoms with van der Waals surface area (Å²) < 4.78 is 10.2. The predicted molar refractivity (Wildman–Crippen MR) is 106 cm³/mol. The van der Waals surface area contributed by atoms with E-state index in [1.54, 1.807) is 48.5 Å². The number of nitrogens with zero attached hydrogens (tertiary/aromatic N) is 4. The van der Waals surface area contributed by atoms with Gasteiger partial charge in [-0.15, -0.1) is 0 Å². The Morgan fingerprint density at radius 2 is 1.77 bits per heavy atom. The molecule has 10 heteroatoms. The molecule has 1 N–H and O–H groups in total.